The molecule has 0 aliphatic carbocycles. The molecule has 0 unspecified atom stereocenters. The van der Waals surface area contributed by atoms with E-state index < -0.39 is 0 Å². The van der Waals surface area contributed by atoms with Crippen LogP contribution in [0.1, 0.15) is 6.92 Å². The Hall–Kier alpha value is -1.04. The standard InChI is InChI=1S/C9H12/c1-4-5-6-7-8-9(2)3/h4-8H,1-2H2,3H3. The van der Waals surface area contributed by atoms with Crippen molar-refractivity contribution in [3.8, 4) is 0 Å². The van der Waals surface area contributed by atoms with E-state index >= 15 is 0 Å². The van der Waals surface area contributed by atoms with E-state index in [4.69, 9.17) is 0 Å². The number of allylic oxidation sites excluding steroid dienone is 6. The van der Waals surface area contributed by atoms with Crippen molar-refractivity contribution in [1.82, 2.24) is 0 Å². The van der Waals surface area contributed by atoms with E-state index in [1.54, 1.807) is 6.08 Å². The minimum atomic E-state index is 1.06. The molecule has 0 radical (unpaired) electrons. The Labute approximate surface area is 56.9 Å². The van der Waals surface area contributed by atoms with E-state index in [2.05, 4.69) is 13.2 Å². The third-order valence-corrected chi connectivity index (χ3v) is 0.739. The van der Waals surface area contributed by atoms with Gasteiger partial charge in [-0.25, -0.2) is 0 Å². The summed E-state index contributed by atoms with van der Waals surface area (Å²) in [5.74, 6) is 0. The molecule has 0 heteroatoms. The summed E-state index contributed by atoms with van der Waals surface area (Å²) in [6.07, 6.45) is 9.41. The van der Waals surface area contributed by atoms with Crippen LogP contribution < -0.4 is 0 Å². The van der Waals surface area contributed by atoms with Gasteiger partial charge in [0.15, 0.2) is 0 Å². The molecule has 0 atom stereocenters. The van der Waals surface area contributed by atoms with Gasteiger partial charge in [0.2, 0.25) is 0 Å². The molecule has 0 amide bonds. The molecule has 0 fully saturated rings. The van der Waals surface area contributed by atoms with Crippen molar-refractivity contribution in [3.63, 3.8) is 0 Å². The molecule has 0 heterocycles. The van der Waals surface area contributed by atoms with Gasteiger partial charge in [0.1, 0.15) is 0 Å². The zero-order chi connectivity index (χ0) is 7.11. The maximum absolute atomic E-state index is 3.71. The summed E-state index contributed by atoms with van der Waals surface area (Å²) in [5, 5.41) is 0. The van der Waals surface area contributed by atoms with Crippen LogP contribution in [0.25, 0.3) is 0 Å². The lowest BCUT2D eigenvalue weighted by atomic mass is 10.3. The molecule has 0 saturated heterocycles. The highest BCUT2D eigenvalue weighted by atomic mass is 13.7. The van der Waals surface area contributed by atoms with Crippen LogP contribution in [0.15, 0.2) is 49.1 Å². The molecular weight excluding hydrogens is 108 g/mol. The first-order valence-corrected chi connectivity index (χ1v) is 2.88. The van der Waals surface area contributed by atoms with Crippen molar-refractivity contribution in [1.29, 1.82) is 0 Å². The van der Waals surface area contributed by atoms with E-state index in [-0.39, 0.29) is 0 Å². The molecule has 48 valence electrons. The van der Waals surface area contributed by atoms with E-state index in [0.717, 1.165) is 5.57 Å². The third-order valence-electron chi connectivity index (χ3n) is 0.739. The second-order valence-corrected chi connectivity index (χ2v) is 1.83. The van der Waals surface area contributed by atoms with Gasteiger partial charge in [0.25, 0.3) is 0 Å². The van der Waals surface area contributed by atoms with Gasteiger partial charge in [-0.05, 0) is 6.92 Å². The highest BCUT2D eigenvalue weighted by Crippen LogP contribution is 1.88. The van der Waals surface area contributed by atoms with Crippen LogP contribution in [0, 0.1) is 0 Å². The van der Waals surface area contributed by atoms with E-state index in [0.29, 0.717) is 0 Å². The van der Waals surface area contributed by atoms with Gasteiger partial charge in [0.05, 0.1) is 0 Å². The van der Waals surface area contributed by atoms with Crippen molar-refractivity contribution in [2.75, 3.05) is 0 Å². The Kier molecular flexibility index (Phi) is 4.51. The minimum Gasteiger partial charge on any atom is -0.0991 e. The SMILES string of the molecule is C=CC=CC=CC(=C)C. The molecule has 0 aliphatic heterocycles. The minimum absolute atomic E-state index is 1.06. The molecule has 0 spiro atoms. The van der Waals surface area contributed by atoms with Gasteiger partial charge >= 0.3 is 0 Å². The van der Waals surface area contributed by atoms with Crippen LogP contribution in [0.5, 0.6) is 0 Å². The summed E-state index contributed by atoms with van der Waals surface area (Å²) in [5.41, 5.74) is 1.06. The topological polar surface area (TPSA) is 0 Å². The summed E-state index contributed by atoms with van der Waals surface area (Å²) in [6, 6.07) is 0. The number of hydrogen-bond donors (Lipinski definition) is 0. The average molecular weight is 120 g/mol. The average Bonchev–Trinajstić information content (AvgIpc) is 1.80. The molecule has 0 aliphatic rings. The highest BCUT2D eigenvalue weighted by molar-refractivity contribution is 5.18. The summed E-state index contributed by atoms with van der Waals surface area (Å²) < 4.78 is 0. The molecule has 0 aromatic heterocycles. The van der Waals surface area contributed by atoms with Crippen molar-refractivity contribution in [2.45, 2.75) is 6.92 Å². The van der Waals surface area contributed by atoms with Gasteiger partial charge in [-0.2, -0.15) is 0 Å². The predicted octanol–water partition coefficient (Wildman–Crippen LogP) is 2.86. The fourth-order valence-electron chi connectivity index (χ4n) is 0.363. The molecule has 0 saturated carbocycles. The van der Waals surface area contributed by atoms with Crippen LogP contribution in [0.2, 0.25) is 0 Å². The second-order valence-electron chi connectivity index (χ2n) is 1.83. The summed E-state index contributed by atoms with van der Waals surface area (Å²) >= 11 is 0. The van der Waals surface area contributed by atoms with Crippen molar-refractivity contribution >= 4 is 0 Å². The Morgan fingerprint density at radius 1 is 1.22 bits per heavy atom. The molecule has 0 N–H and O–H groups in total. The van der Waals surface area contributed by atoms with Crippen LogP contribution in [-0.2, 0) is 0 Å². The number of rotatable bonds is 3. The summed E-state index contributed by atoms with van der Waals surface area (Å²) in [7, 11) is 0. The van der Waals surface area contributed by atoms with Gasteiger partial charge in [-0.1, -0.05) is 49.1 Å². The van der Waals surface area contributed by atoms with Crippen molar-refractivity contribution < 1.29 is 0 Å². The highest BCUT2D eigenvalue weighted by Gasteiger charge is 1.67. The zero-order valence-corrected chi connectivity index (χ0v) is 5.80. The monoisotopic (exact) mass is 120 g/mol. The van der Waals surface area contributed by atoms with Crippen LogP contribution in [0.4, 0.5) is 0 Å². The summed E-state index contributed by atoms with van der Waals surface area (Å²) in [4.78, 5) is 0. The number of hydrogen-bond acceptors (Lipinski definition) is 0. The maximum Gasteiger partial charge on any atom is -0.0404 e. The Bertz CT molecular complexity index is 147. The van der Waals surface area contributed by atoms with Gasteiger partial charge < -0.3 is 0 Å². The van der Waals surface area contributed by atoms with Gasteiger partial charge in [-0.15, -0.1) is 0 Å². The van der Waals surface area contributed by atoms with Gasteiger partial charge in [0, 0.05) is 0 Å². The molecule has 0 aromatic rings. The van der Waals surface area contributed by atoms with Gasteiger partial charge in [-0.3, -0.25) is 0 Å². The fourth-order valence-corrected chi connectivity index (χ4v) is 0.363. The quantitative estimate of drug-likeness (QED) is 0.502. The molecule has 0 bridgehead atoms. The lowest BCUT2D eigenvalue weighted by Gasteiger charge is -1.78. The lowest BCUT2D eigenvalue weighted by Crippen LogP contribution is -1.57. The first-order valence-electron chi connectivity index (χ1n) is 2.88. The van der Waals surface area contributed by atoms with E-state index in [9.17, 15) is 0 Å². The first kappa shape index (κ1) is 7.96. The fraction of sp³-hybridized carbons (Fsp3) is 0.111. The van der Waals surface area contributed by atoms with Crippen LogP contribution in [-0.4, -0.2) is 0 Å². The third kappa shape index (κ3) is 6.96. The molecule has 0 aromatic carbocycles. The van der Waals surface area contributed by atoms with Crippen LogP contribution in [0.3, 0.4) is 0 Å². The summed E-state index contributed by atoms with van der Waals surface area (Å²) in [6.45, 7) is 9.20. The molecule has 9 heavy (non-hydrogen) atoms. The molecule has 0 nitrogen and oxygen atoms in total. The largest absolute Gasteiger partial charge is 0.0991 e. The smallest absolute Gasteiger partial charge is 0.0404 e. The predicted molar refractivity (Wildman–Crippen MR) is 43.3 cm³/mol. The van der Waals surface area contributed by atoms with E-state index in [1.165, 1.54) is 0 Å². The second kappa shape index (κ2) is 5.10. The van der Waals surface area contributed by atoms with Crippen molar-refractivity contribution in [2.24, 2.45) is 0 Å². The van der Waals surface area contributed by atoms with Crippen LogP contribution >= 0.6 is 0 Å². The van der Waals surface area contributed by atoms with Crippen molar-refractivity contribution in [3.05, 3.63) is 49.1 Å². The lowest BCUT2D eigenvalue weighted by molar-refractivity contribution is 1.56. The Balaban J connectivity index is 3.59. The normalized spacial score (nSPS) is 10.8. The van der Waals surface area contributed by atoms with E-state index in [1.807, 2.05) is 31.2 Å². The Morgan fingerprint density at radius 3 is 2.33 bits per heavy atom. The molecule has 0 rings (SSSR count). The maximum atomic E-state index is 3.71. The zero-order valence-electron chi connectivity index (χ0n) is 5.80. The first-order chi connectivity index (χ1) is 4.27. The Morgan fingerprint density at radius 2 is 1.89 bits per heavy atom. The molecular formula is C9H12.